The third-order valence-corrected chi connectivity index (χ3v) is 4.79. The maximum Gasteiger partial charge on any atom is 0.274 e. The number of nitrogens with zero attached hydrogens (tertiary/aromatic N) is 5. The van der Waals surface area contributed by atoms with E-state index in [0.717, 1.165) is 18.5 Å². The first-order chi connectivity index (χ1) is 12.3. The summed E-state index contributed by atoms with van der Waals surface area (Å²) in [6.07, 6.45) is 7.95. The molecule has 0 aromatic carbocycles. The van der Waals surface area contributed by atoms with E-state index in [4.69, 9.17) is 0 Å². The van der Waals surface area contributed by atoms with Gasteiger partial charge in [0.1, 0.15) is 5.69 Å². The Bertz CT molecular complexity index is 818. The van der Waals surface area contributed by atoms with Crippen molar-refractivity contribution in [3.63, 3.8) is 0 Å². The van der Waals surface area contributed by atoms with Crippen LogP contribution in [0.15, 0.2) is 35.8 Å². The van der Waals surface area contributed by atoms with Gasteiger partial charge in [0.05, 0.1) is 18.2 Å². The second kappa shape index (κ2) is 7.35. The van der Waals surface area contributed by atoms with Gasteiger partial charge in [-0.1, -0.05) is 20.8 Å². The highest BCUT2D eigenvalue weighted by Gasteiger charge is 2.25. The highest BCUT2D eigenvalue weighted by atomic mass is 16.2. The molecule has 0 unspecified atom stereocenters. The monoisotopic (exact) mass is 355 g/mol. The SMILES string of the molecule is CC(C)(C)c1cc(=O)n(CC2CCN(C(=O)c3cnccn3)CC2)cn1. The van der Waals surface area contributed by atoms with Crippen molar-refractivity contribution in [1.82, 2.24) is 24.4 Å². The van der Waals surface area contributed by atoms with Gasteiger partial charge in [-0.3, -0.25) is 19.1 Å². The molecular weight excluding hydrogens is 330 g/mol. The van der Waals surface area contributed by atoms with Gasteiger partial charge in [-0.05, 0) is 18.8 Å². The molecule has 1 aliphatic rings. The molecule has 7 heteroatoms. The van der Waals surface area contributed by atoms with Gasteiger partial charge in [0.25, 0.3) is 11.5 Å². The fraction of sp³-hybridized carbons (Fsp3) is 0.526. The number of hydrogen-bond acceptors (Lipinski definition) is 5. The molecular formula is C19H25N5O2. The Morgan fingerprint density at radius 3 is 2.50 bits per heavy atom. The van der Waals surface area contributed by atoms with E-state index < -0.39 is 0 Å². The quantitative estimate of drug-likeness (QED) is 0.840. The lowest BCUT2D eigenvalue weighted by molar-refractivity contribution is 0.0676. The van der Waals surface area contributed by atoms with Crippen LogP contribution in [-0.4, -0.2) is 43.4 Å². The summed E-state index contributed by atoms with van der Waals surface area (Å²) in [5, 5.41) is 0. The predicted octanol–water partition coefficient (Wildman–Crippen LogP) is 1.88. The van der Waals surface area contributed by atoms with E-state index in [0.29, 0.717) is 31.2 Å². The fourth-order valence-corrected chi connectivity index (χ4v) is 3.14. The average molecular weight is 355 g/mol. The maximum absolute atomic E-state index is 12.4. The van der Waals surface area contributed by atoms with E-state index in [1.807, 2.05) is 25.7 Å². The molecule has 2 aromatic heterocycles. The highest BCUT2D eigenvalue weighted by Crippen LogP contribution is 2.21. The van der Waals surface area contributed by atoms with Gasteiger partial charge in [0.15, 0.2) is 0 Å². The van der Waals surface area contributed by atoms with Gasteiger partial charge in [0, 0.05) is 43.5 Å². The van der Waals surface area contributed by atoms with Gasteiger partial charge < -0.3 is 4.90 Å². The normalized spacial score (nSPS) is 15.9. The molecule has 1 saturated heterocycles. The minimum Gasteiger partial charge on any atom is -0.337 e. The van der Waals surface area contributed by atoms with Crippen LogP contribution in [0.2, 0.25) is 0 Å². The molecule has 0 radical (unpaired) electrons. The minimum absolute atomic E-state index is 0.0111. The lowest BCUT2D eigenvalue weighted by Gasteiger charge is -2.32. The number of likely N-dealkylation sites (tertiary alicyclic amines) is 1. The molecule has 0 bridgehead atoms. The van der Waals surface area contributed by atoms with Crippen LogP contribution < -0.4 is 5.56 Å². The van der Waals surface area contributed by atoms with Crippen LogP contribution in [0.25, 0.3) is 0 Å². The van der Waals surface area contributed by atoms with E-state index >= 15 is 0 Å². The third kappa shape index (κ3) is 4.15. The van der Waals surface area contributed by atoms with Crippen molar-refractivity contribution >= 4 is 5.91 Å². The van der Waals surface area contributed by atoms with Gasteiger partial charge >= 0.3 is 0 Å². The Balaban J connectivity index is 1.59. The van der Waals surface area contributed by atoms with Crippen molar-refractivity contribution in [3.05, 3.63) is 52.7 Å². The Morgan fingerprint density at radius 2 is 1.92 bits per heavy atom. The number of hydrogen-bond donors (Lipinski definition) is 0. The molecule has 0 spiro atoms. The van der Waals surface area contributed by atoms with E-state index in [9.17, 15) is 9.59 Å². The molecule has 3 heterocycles. The van der Waals surface area contributed by atoms with Crippen molar-refractivity contribution in [2.45, 2.75) is 45.6 Å². The summed E-state index contributed by atoms with van der Waals surface area (Å²) in [4.78, 5) is 39.0. The van der Waals surface area contributed by atoms with Gasteiger partial charge in [0.2, 0.25) is 0 Å². The molecule has 3 rings (SSSR count). The largest absolute Gasteiger partial charge is 0.337 e. The van der Waals surface area contributed by atoms with Gasteiger partial charge in [-0.2, -0.15) is 0 Å². The van der Waals surface area contributed by atoms with Crippen molar-refractivity contribution in [3.8, 4) is 0 Å². The molecule has 26 heavy (non-hydrogen) atoms. The van der Waals surface area contributed by atoms with Crippen LogP contribution in [0.5, 0.6) is 0 Å². The van der Waals surface area contributed by atoms with E-state index in [1.165, 1.54) is 12.4 Å². The molecule has 0 N–H and O–H groups in total. The van der Waals surface area contributed by atoms with Crippen LogP contribution >= 0.6 is 0 Å². The lowest BCUT2D eigenvalue weighted by atomic mass is 9.92. The zero-order chi connectivity index (χ0) is 18.7. The lowest BCUT2D eigenvalue weighted by Crippen LogP contribution is -2.40. The minimum atomic E-state index is -0.135. The van der Waals surface area contributed by atoms with E-state index in [2.05, 4.69) is 15.0 Å². The van der Waals surface area contributed by atoms with Crippen LogP contribution in [0.4, 0.5) is 0 Å². The Hall–Kier alpha value is -2.57. The van der Waals surface area contributed by atoms with Crippen LogP contribution in [0.1, 0.15) is 49.8 Å². The van der Waals surface area contributed by atoms with Crippen molar-refractivity contribution in [2.75, 3.05) is 13.1 Å². The molecule has 0 atom stereocenters. The first-order valence-corrected chi connectivity index (χ1v) is 8.97. The summed E-state index contributed by atoms with van der Waals surface area (Å²) >= 11 is 0. The zero-order valence-electron chi connectivity index (χ0n) is 15.6. The molecule has 7 nitrogen and oxygen atoms in total. The molecule has 1 aliphatic heterocycles. The fourth-order valence-electron chi connectivity index (χ4n) is 3.14. The second-order valence-electron chi connectivity index (χ2n) is 7.84. The molecule has 0 saturated carbocycles. The maximum atomic E-state index is 12.4. The van der Waals surface area contributed by atoms with Crippen LogP contribution in [-0.2, 0) is 12.0 Å². The summed E-state index contributed by atoms with van der Waals surface area (Å²) in [5.74, 6) is 0.283. The molecule has 1 fully saturated rings. The standard InChI is InChI=1S/C19H25N5O2/c1-19(2,3)16-10-17(25)24(13-22-16)12-14-4-8-23(9-5-14)18(26)15-11-20-6-7-21-15/h6-7,10-11,13-14H,4-5,8-9,12H2,1-3H3. The first kappa shape index (κ1) is 18.2. The molecule has 0 aliphatic carbocycles. The first-order valence-electron chi connectivity index (χ1n) is 8.97. The summed E-state index contributed by atoms with van der Waals surface area (Å²) in [6.45, 7) is 8.11. The topological polar surface area (TPSA) is 81.0 Å². The summed E-state index contributed by atoms with van der Waals surface area (Å²) in [6, 6.07) is 1.63. The highest BCUT2D eigenvalue weighted by molar-refractivity contribution is 5.91. The Kier molecular flexibility index (Phi) is 5.15. The summed E-state index contributed by atoms with van der Waals surface area (Å²) < 4.78 is 1.68. The van der Waals surface area contributed by atoms with Crippen molar-refractivity contribution in [2.24, 2.45) is 5.92 Å². The molecule has 2 aromatic rings. The number of piperidine rings is 1. The smallest absolute Gasteiger partial charge is 0.274 e. The van der Waals surface area contributed by atoms with E-state index in [-0.39, 0.29) is 16.9 Å². The predicted molar refractivity (Wildman–Crippen MR) is 97.9 cm³/mol. The number of carbonyl (C=O) groups excluding carboxylic acids is 1. The van der Waals surface area contributed by atoms with Crippen LogP contribution in [0.3, 0.4) is 0 Å². The zero-order valence-corrected chi connectivity index (χ0v) is 15.6. The number of amides is 1. The number of aromatic nitrogens is 4. The summed E-state index contributed by atoms with van der Waals surface area (Å²) in [7, 11) is 0. The summed E-state index contributed by atoms with van der Waals surface area (Å²) in [5.41, 5.74) is 1.04. The Labute approximate surface area is 153 Å². The third-order valence-electron chi connectivity index (χ3n) is 4.79. The van der Waals surface area contributed by atoms with Crippen molar-refractivity contribution in [1.29, 1.82) is 0 Å². The molecule has 1 amide bonds. The van der Waals surface area contributed by atoms with Gasteiger partial charge in [-0.15, -0.1) is 0 Å². The second-order valence-corrected chi connectivity index (χ2v) is 7.84. The van der Waals surface area contributed by atoms with Crippen molar-refractivity contribution < 1.29 is 4.79 Å². The molecule has 138 valence electrons. The average Bonchev–Trinajstić information content (AvgIpc) is 2.63. The number of rotatable bonds is 3. The number of carbonyl (C=O) groups is 1. The van der Waals surface area contributed by atoms with E-state index in [1.54, 1.807) is 23.2 Å². The Morgan fingerprint density at radius 1 is 1.19 bits per heavy atom. The van der Waals surface area contributed by atoms with Gasteiger partial charge in [-0.25, -0.2) is 9.97 Å². The van der Waals surface area contributed by atoms with Crippen LogP contribution in [0, 0.1) is 5.92 Å².